The molecule has 0 saturated heterocycles. The Morgan fingerprint density at radius 1 is 1.17 bits per heavy atom. The molecule has 23 heavy (non-hydrogen) atoms. The molecule has 6 nitrogen and oxygen atoms in total. The van der Waals surface area contributed by atoms with Crippen molar-refractivity contribution in [3.63, 3.8) is 0 Å². The molecule has 2 N–H and O–H groups in total. The zero-order chi connectivity index (χ0) is 16.7. The van der Waals surface area contributed by atoms with E-state index in [9.17, 15) is 9.59 Å². The first-order valence-corrected chi connectivity index (χ1v) is 7.96. The lowest BCUT2D eigenvalue weighted by atomic mass is 10.1. The summed E-state index contributed by atoms with van der Waals surface area (Å²) in [5, 5.41) is 11.8. The summed E-state index contributed by atoms with van der Waals surface area (Å²) >= 11 is 0. The van der Waals surface area contributed by atoms with Gasteiger partial charge in [0.15, 0.2) is 6.61 Å². The average molecular weight is 321 g/mol. The second kappa shape index (κ2) is 8.41. The van der Waals surface area contributed by atoms with Crippen molar-refractivity contribution in [2.24, 2.45) is 5.92 Å². The molecule has 2 rings (SSSR count). The van der Waals surface area contributed by atoms with Gasteiger partial charge in [-0.15, -0.1) is 0 Å². The van der Waals surface area contributed by atoms with Crippen molar-refractivity contribution in [2.45, 2.75) is 38.6 Å². The van der Waals surface area contributed by atoms with Crippen LogP contribution in [0, 0.1) is 5.92 Å². The first-order chi connectivity index (χ1) is 11.1. The van der Waals surface area contributed by atoms with E-state index in [-0.39, 0.29) is 24.5 Å². The van der Waals surface area contributed by atoms with E-state index in [1.165, 1.54) is 0 Å². The van der Waals surface area contributed by atoms with Gasteiger partial charge in [0, 0.05) is 6.04 Å². The minimum absolute atomic E-state index is 0.0722. The first kappa shape index (κ1) is 17.1. The van der Waals surface area contributed by atoms with Gasteiger partial charge in [-0.3, -0.25) is 9.59 Å². The second-order valence-corrected chi connectivity index (χ2v) is 5.72. The molecule has 0 aliphatic heterocycles. The summed E-state index contributed by atoms with van der Waals surface area (Å²) in [6.07, 6.45) is 2.75. The van der Waals surface area contributed by atoms with Gasteiger partial charge in [0.1, 0.15) is 11.5 Å². The maximum Gasteiger partial charge on any atom is 0.306 e. The van der Waals surface area contributed by atoms with Crippen LogP contribution in [0.3, 0.4) is 0 Å². The number of hydrogen-bond acceptors (Lipinski definition) is 4. The zero-order valence-corrected chi connectivity index (χ0v) is 13.3. The Morgan fingerprint density at radius 2 is 1.83 bits per heavy atom. The maximum atomic E-state index is 11.8. The highest BCUT2D eigenvalue weighted by molar-refractivity contribution is 5.78. The van der Waals surface area contributed by atoms with Crippen LogP contribution in [0.25, 0.3) is 0 Å². The molecule has 0 spiro atoms. The van der Waals surface area contributed by atoms with Crippen molar-refractivity contribution >= 4 is 11.9 Å². The van der Waals surface area contributed by atoms with E-state index >= 15 is 0 Å². The molecule has 1 aromatic rings. The third-order valence-corrected chi connectivity index (χ3v) is 3.81. The number of rotatable bonds is 8. The van der Waals surface area contributed by atoms with E-state index in [0.717, 1.165) is 12.2 Å². The van der Waals surface area contributed by atoms with Gasteiger partial charge in [-0.1, -0.05) is 6.92 Å². The summed E-state index contributed by atoms with van der Waals surface area (Å²) in [5.74, 6) is 0.000708. The fourth-order valence-corrected chi connectivity index (χ4v) is 2.61. The van der Waals surface area contributed by atoms with Gasteiger partial charge in [0.2, 0.25) is 0 Å². The van der Waals surface area contributed by atoms with Gasteiger partial charge < -0.3 is 19.9 Å². The van der Waals surface area contributed by atoms with Gasteiger partial charge in [-0.2, -0.15) is 0 Å². The van der Waals surface area contributed by atoms with Crippen LogP contribution in [0.5, 0.6) is 11.5 Å². The highest BCUT2D eigenvalue weighted by Gasteiger charge is 2.30. The molecule has 1 aromatic carbocycles. The number of carbonyl (C=O) groups excluding carboxylic acids is 1. The Balaban J connectivity index is 1.71. The molecular formula is C17H23NO5. The molecule has 1 aliphatic carbocycles. The molecule has 2 atom stereocenters. The quantitative estimate of drug-likeness (QED) is 0.767. The summed E-state index contributed by atoms with van der Waals surface area (Å²) in [6, 6.07) is 7.05. The molecule has 0 unspecified atom stereocenters. The summed E-state index contributed by atoms with van der Waals surface area (Å²) in [4.78, 5) is 22.7. The fourth-order valence-electron chi connectivity index (χ4n) is 2.61. The second-order valence-electron chi connectivity index (χ2n) is 5.72. The monoisotopic (exact) mass is 321 g/mol. The number of benzene rings is 1. The number of carboxylic acids is 1. The summed E-state index contributed by atoms with van der Waals surface area (Å²) in [5.41, 5.74) is 0. The number of carbonyl (C=O) groups is 2. The molecule has 1 aliphatic rings. The summed E-state index contributed by atoms with van der Waals surface area (Å²) in [6.45, 7) is 2.63. The molecule has 0 aromatic heterocycles. The Hall–Kier alpha value is -2.24. The number of nitrogens with one attached hydrogen (secondary N) is 1. The first-order valence-electron chi connectivity index (χ1n) is 7.96. The topological polar surface area (TPSA) is 84.9 Å². The van der Waals surface area contributed by atoms with Crippen LogP contribution in [0.1, 0.15) is 32.6 Å². The molecule has 0 bridgehead atoms. The van der Waals surface area contributed by atoms with Crippen molar-refractivity contribution in [2.75, 3.05) is 13.2 Å². The minimum atomic E-state index is -0.789. The van der Waals surface area contributed by atoms with E-state index in [0.29, 0.717) is 31.6 Å². The minimum Gasteiger partial charge on any atom is -0.494 e. The highest BCUT2D eigenvalue weighted by atomic mass is 16.5. The smallest absolute Gasteiger partial charge is 0.306 e. The van der Waals surface area contributed by atoms with E-state index in [2.05, 4.69) is 5.32 Å². The SMILES string of the molecule is CCCOc1ccc(OCC(=O)N[C@H]2CC[C@@H](C(=O)O)C2)cc1. The third-order valence-electron chi connectivity index (χ3n) is 3.81. The van der Waals surface area contributed by atoms with E-state index < -0.39 is 5.97 Å². The number of amides is 1. The van der Waals surface area contributed by atoms with Crippen LogP contribution < -0.4 is 14.8 Å². The van der Waals surface area contributed by atoms with Crippen molar-refractivity contribution in [3.8, 4) is 11.5 Å². The molecule has 1 amide bonds. The normalized spacial score (nSPS) is 20.0. The van der Waals surface area contributed by atoms with Gasteiger partial charge in [-0.05, 0) is 49.9 Å². The van der Waals surface area contributed by atoms with Crippen LogP contribution in [0.4, 0.5) is 0 Å². The Labute approximate surface area is 135 Å². The zero-order valence-electron chi connectivity index (χ0n) is 13.3. The van der Waals surface area contributed by atoms with E-state index in [1.54, 1.807) is 24.3 Å². The lowest BCUT2D eigenvalue weighted by Crippen LogP contribution is -2.36. The van der Waals surface area contributed by atoms with Crippen LogP contribution in [-0.4, -0.2) is 36.2 Å². The van der Waals surface area contributed by atoms with Crippen LogP contribution in [-0.2, 0) is 9.59 Å². The molecule has 126 valence electrons. The number of ether oxygens (including phenoxy) is 2. The van der Waals surface area contributed by atoms with Crippen LogP contribution in [0.2, 0.25) is 0 Å². The standard InChI is InChI=1S/C17H23NO5/c1-2-9-22-14-5-7-15(8-6-14)23-11-16(19)18-13-4-3-12(10-13)17(20)21/h5-8,12-13H,2-4,9-11H2,1H3,(H,18,19)(H,20,21)/t12-,13+/m1/s1. The number of aliphatic carboxylic acids is 1. The fraction of sp³-hybridized carbons (Fsp3) is 0.529. The largest absolute Gasteiger partial charge is 0.494 e. The van der Waals surface area contributed by atoms with Crippen molar-refractivity contribution in [1.82, 2.24) is 5.32 Å². The Bertz CT molecular complexity index is 528. The molecular weight excluding hydrogens is 298 g/mol. The van der Waals surface area contributed by atoms with E-state index in [1.807, 2.05) is 6.92 Å². The van der Waals surface area contributed by atoms with Crippen molar-refractivity contribution in [3.05, 3.63) is 24.3 Å². The van der Waals surface area contributed by atoms with Gasteiger partial charge in [-0.25, -0.2) is 0 Å². The van der Waals surface area contributed by atoms with E-state index in [4.69, 9.17) is 14.6 Å². The molecule has 1 fully saturated rings. The van der Waals surface area contributed by atoms with Crippen LogP contribution >= 0.6 is 0 Å². The predicted molar refractivity (Wildman–Crippen MR) is 84.6 cm³/mol. The molecule has 1 saturated carbocycles. The number of hydrogen-bond donors (Lipinski definition) is 2. The van der Waals surface area contributed by atoms with Gasteiger partial charge >= 0.3 is 5.97 Å². The highest BCUT2D eigenvalue weighted by Crippen LogP contribution is 2.25. The summed E-state index contributed by atoms with van der Waals surface area (Å²) in [7, 11) is 0. The van der Waals surface area contributed by atoms with Crippen LogP contribution in [0.15, 0.2) is 24.3 Å². The van der Waals surface area contributed by atoms with Crippen molar-refractivity contribution < 1.29 is 24.2 Å². The lowest BCUT2D eigenvalue weighted by Gasteiger charge is -2.13. The van der Waals surface area contributed by atoms with Crippen molar-refractivity contribution in [1.29, 1.82) is 0 Å². The van der Waals surface area contributed by atoms with Gasteiger partial charge in [0.25, 0.3) is 5.91 Å². The predicted octanol–water partition coefficient (Wildman–Crippen LogP) is 2.22. The Kier molecular flexibility index (Phi) is 6.26. The number of carboxylic acid groups (broad SMARTS) is 1. The molecule has 0 radical (unpaired) electrons. The molecule has 0 heterocycles. The summed E-state index contributed by atoms with van der Waals surface area (Å²) < 4.78 is 10.9. The third kappa shape index (κ3) is 5.47. The lowest BCUT2D eigenvalue weighted by molar-refractivity contribution is -0.141. The average Bonchev–Trinajstić information content (AvgIpc) is 3.00. The maximum absolute atomic E-state index is 11.8. The molecule has 6 heteroatoms. The Morgan fingerprint density at radius 3 is 2.39 bits per heavy atom. The van der Waals surface area contributed by atoms with Gasteiger partial charge in [0.05, 0.1) is 12.5 Å².